The number of unbranched alkanes of at least 4 members (excludes halogenated alkanes) is 32. The first-order valence-corrected chi connectivity index (χ1v) is 29.9. The van der Waals surface area contributed by atoms with Crippen molar-refractivity contribution in [3.63, 3.8) is 0 Å². The fraction of sp³-hybridized carbons (Fsp3) is 0.877. The van der Waals surface area contributed by atoms with E-state index < -0.39 is 22.6 Å². The van der Waals surface area contributed by atoms with Crippen molar-refractivity contribution in [2.24, 2.45) is 0 Å². The summed E-state index contributed by atoms with van der Waals surface area (Å²) in [5, 5.41) is 0. The van der Waals surface area contributed by atoms with E-state index in [9.17, 15) is 27.4 Å². The Morgan fingerprint density at radius 2 is 0.662 bits per heavy atom. The maximum Gasteiger partial charge on any atom is 0.397 e. The van der Waals surface area contributed by atoms with E-state index in [0.717, 1.165) is 122 Å². The van der Waals surface area contributed by atoms with Gasteiger partial charge in [0.15, 0.2) is 6.10 Å². The number of rotatable bonds is 53. The second kappa shape index (κ2) is 51.1. The SMILES string of the molecule is CCCCCCCCC=CCCCCCCCC(=O)OCC(COC(=O)CCCCCCCCC(CCCCCCCC)OS(=O)(=O)O)OC(=O)CCCCCCCC=CCCCCCCCC. The highest BCUT2D eigenvalue weighted by Gasteiger charge is 2.20. The molecule has 68 heavy (non-hydrogen) atoms. The van der Waals surface area contributed by atoms with E-state index in [-0.39, 0.29) is 44.0 Å². The fourth-order valence-electron chi connectivity index (χ4n) is 8.47. The summed E-state index contributed by atoms with van der Waals surface area (Å²) >= 11 is 0. The minimum atomic E-state index is -4.48. The molecule has 0 aliphatic rings. The van der Waals surface area contributed by atoms with Gasteiger partial charge in [-0.1, -0.05) is 218 Å². The fourth-order valence-corrected chi connectivity index (χ4v) is 9.01. The number of hydrogen-bond acceptors (Lipinski definition) is 9. The van der Waals surface area contributed by atoms with Gasteiger partial charge >= 0.3 is 28.3 Å². The maximum absolute atomic E-state index is 12.9. The van der Waals surface area contributed by atoms with Crippen molar-refractivity contribution in [1.82, 2.24) is 0 Å². The van der Waals surface area contributed by atoms with Gasteiger partial charge in [-0.15, -0.1) is 0 Å². The van der Waals surface area contributed by atoms with E-state index >= 15 is 0 Å². The topological polar surface area (TPSA) is 142 Å². The van der Waals surface area contributed by atoms with Gasteiger partial charge < -0.3 is 14.2 Å². The largest absolute Gasteiger partial charge is 0.462 e. The van der Waals surface area contributed by atoms with Gasteiger partial charge in [-0.05, 0) is 83.5 Å². The zero-order valence-electron chi connectivity index (χ0n) is 44.3. The molecule has 0 spiro atoms. The Labute approximate surface area is 419 Å². The van der Waals surface area contributed by atoms with Crippen LogP contribution < -0.4 is 0 Å². The van der Waals surface area contributed by atoms with Gasteiger partial charge in [-0.3, -0.25) is 18.9 Å². The minimum absolute atomic E-state index is 0.135. The summed E-state index contributed by atoms with van der Waals surface area (Å²) in [5.74, 6) is -1.07. The van der Waals surface area contributed by atoms with Crippen LogP contribution in [0.4, 0.5) is 0 Å². The first-order chi connectivity index (χ1) is 33.1. The molecule has 10 nitrogen and oxygen atoms in total. The molecule has 0 aromatic heterocycles. The van der Waals surface area contributed by atoms with Crippen molar-refractivity contribution in [2.45, 2.75) is 309 Å². The molecule has 0 saturated carbocycles. The van der Waals surface area contributed by atoms with Gasteiger partial charge in [0.1, 0.15) is 13.2 Å². The smallest absolute Gasteiger partial charge is 0.397 e. The van der Waals surface area contributed by atoms with Gasteiger partial charge in [0.2, 0.25) is 0 Å². The van der Waals surface area contributed by atoms with Crippen LogP contribution in [0.3, 0.4) is 0 Å². The zero-order chi connectivity index (χ0) is 49.9. The zero-order valence-corrected chi connectivity index (χ0v) is 45.1. The summed E-state index contributed by atoms with van der Waals surface area (Å²) in [6.07, 6.45) is 52.4. The molecule has 0 aromatic rings. The Hall–Kier alpha value is -2.24. The number of allylic oxidation sites excluding steroid dienone is 4. The van der Waals surface area contributed by atoms with Crippen molar-refractivity contribution >= 4 is 28.3 Å². The van der Waals surface area contributed by atoms with Crippen LogP contribution in [0.1, 0.15) is 297 Å². The Morgan fingerprint density at radius 1 is 0.382 bits per heavy atom. The van der Waals surface area contributed by atoms with Crippen molar-refractivity contribution in [2.75, 3.05) is 13.2 Å². The Morgan fingerprint density at radius 3 is 0.985 bits per heavy atom. The summed E-state index contributed by atoms with van der Waals surface area (Å²) in [7, 11) is -4.48. The van der Waals surface area contributed by atoms with Gasteiger partial charge in [0, 0.05) is 19.3 Å². The lowest BCUT2D eigenvalue weighted by Crippen LogP contribution is -2.30. The van der Waals surface area contributed by atoms with Crippen molar-refractivity contribution in [3.05, 3.63) is 24.3 Å². The van der Waals surface area contributed by atoms with E-state index in [2.05, 4.69) is 45.1 Å². The van der Waals surface area contributed by atoms with E-state index in [1.165, 1.54) is 116 Å². The molecule has 400 valence electrons. The monoisotopic (exact) mass is 983 g/mol. The first kappa shape index (κ1) is 65.8. The van der Waals surface area contributed by atoms with Crippen LogP contribution in [0.25, 0.3) is 0 Å². The molecular weight excluding hydrogens is 877 g/mol. The molecule has 0 aliphatic carbocycles. The van der Waals surface area contributed by atoms with E-state index in [0.29, 0.717) is 25.7 Å². The summed E-state index contributed by atoms with van der Waals surface area (Å²) in [5.41, 5.74) is 0. The first-order valence-electron chi connectivity index (χ1n) is 28.6. The second-order valence-corrected chi connectivity index (χ2v) is 20.6. The van der Waals surface area contributed by atoms with Crippen LogP contribution in [0.2, 0.25) is 0 Å². The molecular formula is C57H106O10S. The molecule has 0 fully saturated rings. The number of carbonyl (C=O) groups is 3. The average molecular weight is 984 g/mol. The lowest BCUT2D eigenvalue weighted by atomic mass is 10.0. The average Bonchev–Trinajstić information content (AvgIpc) is 3.31. The molecule has 2 unspecified atom stereocenters. The van der Waals surface area contributed by atoms with Gasteiger partial charge in [-0.25, -0.2) is 4.18 Å². The molecule has 0 radical (unpaired) electrons. The summed E-state index contributed by atoms with van der Waals surface area (Å²) < 4.78 is 53.7. The summed E-state index contributed by atoms with van der Waals surface area (Å²) in [6, 6.07) is 0. The van der Waals surface area contributed by atoms with Gasteiger partial charge in [0.05, 0.1) is 6.10 Å². The molecule has 0 rings (SSSR count). The van der Waals surface area contributed by atoms with E-state index in [4.69, 9.17) is 18.4 Å². The van der Waals surface area contributed by atoms with Crippen LogP contribution in [-0.4, -0.2) is 56.3 Å². The second-order valence-electron chi connectivity index (χ2n) is 19.5. The number of carbonyl (C=O) groups excluding carboxylic acids is 3. The third-order valence-corrected chi connectivity index (χ3v) is 13.3. The maximum atomic E-state index is 12.9. The summed E-state index contributed by atoms with van der Waals surface area (Å²) in [6.45, 7) is 6.39. The number of esters is 3. The molecule has 2 atom stereocenters. The molecule has 0 saturated heterocycles. The van der Waals surface area contributed by atoms with Crippen LogP contribution in [-0.2, 0) is 43.2 Å². The highest BCUT2D eigenvalue weighted by Crippen LogP contribution is 2.19. The van der Waals surface area contributed by atoms with Crippen molar-refractivity contribution in [1.29, 1.82) is 0 Å². The normalized spacial score (nSPS) is 12.8. The van der Waals surface area contributed by atoms with Gasteiger partial charge in [-0.2, -0.15) is 8.42 Å². The predicted molar refractivity (Wildman–Crippen MR) is 282 cm³/mol. The van der Waals surface area contributed by atoms with Crippen LogP contribution in [0.15, 0.2) is 24.3 Å². The van der Waals surface area contributed by atoms with E-state index in [1.807, 2.05) is 0 Å². The Bertz CT molecular complexity index is 1300. The molecule has 1 N–H and O–H groups in total. The van der Waals surface area contributed by atoms with Crippen LogP contribution in [0, 0.1) is 0 Å². The molecule has 0 bridgehead atoms. The Kier molecular flexibility index (Phi) is 49.4. The molecule has 0 amide bonds. The standard InChI is InChI=1S/C57H106O10S/c1-4-7-10-13-16-18-20-22-24-26-28-30-32-38-43-48-55(58)64-51-54(66-57(60)50-45-40-33-31-29-27-25-23-21-19-17-14-11-8-5-2)52-65-56(59)49-44-39-35-34-37-42-47-53(67-68(61,62)63)46-41-36-15-12-9-6-3/h22-25,53-54H,4-21,26-52H2,1-3H3,(H,61,62,63). The quantitative estimate of drug-likeness (QED) is 0.0206. The van der Waals surface area contributed by atoms with E-state index in [1.54, 1.807) is 0 Å². The van der Waals surface area contributed by atoms with Gasteiger partial charge in [0.25, 0.3) is 0 Å². The number of hydrogen-bond donors (Lipinski definition) is 1. The number of ether oxygens (including phenoxy) is 3. The molecule has 0 heterocycles. The highest BCUT2D eigenvalue weighted by molar-refractivity contribution is 7.80. The van der Waals surface area contributed by atoms with Crippen molar-refractivity contribution in [3.8, 4) is 0 Å². The van der Waals surface area contributed by atoms with Crippen LogP contribution >= 0.6 is 0 Å². The third kappa shape index (κ3) is 51.6. The highest BCUT2D eigenvalue weighted by atomic mass is 32.3. The predicted octanol–water partition coefficient (Wildman–Crippen LogP) is 17.1. The van der Waals surface area contributed by atoms with Crippen LogP contribution in [0.5, 0.6) is 0 Å². The molecule has 11 heteroatoms. The molecule has 0 aliphatic heterocycles. The minimum Gasteiger partial charge on any atom is -0.462 e. The third-order valence-electron chi connectivity index (χ3n) is 12.7. The molecule has 0 aromatic carbocycles. The lowest BCUT2D eigenvalue weighted by Gasteiger charge is -2.18. The van der Waals surface area contributed by atoms with Crippen molar-refractivity contribution < 1.29 is 45.7 Å². The Balaban J connectivity index is 4.58. The summed E-state index contributed by atoms with van der Waals surface area (Å²) in [4.78, 5) is 38.2. The lowest BCUT2D eigenvalue weighted by molar-refractivity contribution is -0.167.